The average molecular weight is 397 g/mol. The second-order valence-corrected chi connectivity index (χ2v) is 7.80. The molecule has 1 aromatic carbocycles. The van der Waals surface area contributed by atoms with Crippen LogP contribution in [-0.2, 0) is 9.59 Å². The third-order valence-electron chi connectivity index (χ3n) is 4.53. The van der Waals surface area contributed by atoms with Crippen molar-refractivity contribution in [3.8, 4) is 0 Å². The maximum Gasteiger partial charge on any atom is 0.277 e. The molecule has 0 bridgehead atoms. The summed E-state index contributed by atoms with van der Waals surface area (Å²) in [7, 11) is 1.70. The summed E-state index contributed by atoms with van der Waals surface area (Å²) >= 11 is 3.41. The molecular formula is C18H27BrN3O2+. The number of nitrogens with zero attached hydrogens (tertiary/aromatic N) is 1. The Labute approximate surface area is 152 Å². The number of halogens is 1. The zero-order valence-corrected chi connectivity index (χ0v) is 16.3. The molecule has 1 aliphatic heterocycles. The van der Waals surface area contributed by atoms with Gasteiger partial charge in [-0.05, 0) is 43.5 Å². The summed E-state index contributed by atoms with van der Waals surface area (Å²) in [5.74, 6) is 0.538. The molecule has 2 N–H and O–H groups in total. The topological polar surface area (TPSA) is 53.9 Å². The van der Waals surface area contributed by atoms with Gasteiger partial charge >= 0.3 is 0 Å². The Hall–Kier alpha value is -1.40. The van der Waals surface area contributed by atoms with Gasteiger partial charge in [-0.3, -0.25) is 9.59 Å². The molecular weight excluding hydrogens is 370 g/mol. The lowest BCUT2D eigenvalue weighted by Gasteiger charge is -2.28. The van der Waals surface area contributed by atoms with Gasteiger partial charge in [-0.1, -0.05) is 22.9 Å². The van der Waals surface area contributed by atoms with E-state index in [0.29, 0.717) is 12.5 Å². The van der Waals surface area contributed by atoms with Crippen LogP contribution in [0, 0.1) is 12.8 Å². The van der Waals surface area contributed by atoms with Crippen LogP contribution < -0.4 is 10.2 Å². The van der Waals surface area contributed by atoms with E-state index in [1.165, 1.54) is 22.6 Å². The van der Waals surface area contributed by atoms with Gasteiger partial charge in [0.1, 0.15) is 0 Å². The molecule has 1 heterocycles. The Morgan fingerprint density at radius 2 is 2.17 bits per heavy atom. The number of carbonyl (C=O) groups excluding carboxylic acids is 2. The summed E-state index contributed by atoms with van der Waals surface area (Å²) in [6.07, 6.45) is 2.43. The van der Waals surface area contributed by atoms with Crippen LogP contribution >= 0.6 is 15.9 Å². The Balaban J connectivity index is 1.83. The molecule has 2 atom stereocenters. The molecule has 0 radical (unpaired) electrons. The summed E-state index contributed by atoms with van der Waals surface area (Å²) in [6, 6.07) is 5.70. The smallest absolute Gasteiger partial charge is 0.277 e. The number of rotatable bonds is 5. The van der Waals surface area contributed by atoms with Crippen molar-refractivity contribution in [3.05, 3.63) is 28.2 Å². The molecule has 24 heavy (non-hydrogen) atoms. The fourth-order valence-corrected chi connectivity index (χ4v) is 3.64. The van der Waals surface area contributed by atoms with Crippen LogP contribution in [0.5, 0.6) is 0 Å². The number of hydrogen-bond donors (Lipinski definition) is 2. The Kier molecular flexibility index (Phi) is 6.80. The second-order valence-electron chi connectivity index (χ2n) is 6.89. The number of aryl methyl sites for hydroxylation is 1. The van der Waals surface area contributed by atoms with Crippen LogP contribution in [0.3, 0.4) is 0 Å². The number of amides is 2. The van der Waals surface area contributed by atoms with Crippen LogP contribution in [-0.4, -0.2) is 49.9 Å². The number of piperidine rings is 1. The molecule has 6 heteroatoms. The second kappa shape index (κ2) is 8.62. The van der Waals surface area contributed by atoms with E-state index < -0.39 is 0 Å². The van der Waals surface area contributed by atoms with Crippen LogP contribution in [0.2, 0.25) is 0 Å². The molecule has 5 nitrogen and oxygen atoms in total. The predicted molar refractivity (Wildman–Crippen MR) is 99.1 cm³/mol. The zero-order chi connectivity index (χ0) is 17.7. The van der Waals surface area contributed by atoms with E-state index in [4.69, 9.17) is 0 Å². The summed E-state index contributed by atoms with van der Waals surface area (Å²) in [5.41, 5.74) is 1.76. The SMILES string of the molecule is Cc1cc(Br)ccc1NC(=O)CN(C)C(=O)C[NH+]1CCC[C@@H](C)C1. The van der Waals surface area contributed by atoms with E-state index in [2.05, 4.69) is 28.2 Å². The highest BCUT2D eigenvalue weighted by Crippen LogP contribution is 2.19. The van der Waals surface area contributed by atoms with Crippen molar-refractivity contribution in [2.75, 3.05) is 38.5 Å². The minimum Gasteiger partial charge on any atom is -0.332 e. The molecule has 1 unspecified atom stereocenters. The minimum atomic E-state index is -0.168. The van der Waals surface area contributed by atoms with Gasteiger partial charge in [0.2, 0.25) is 5.91 Å². The molecule has 2 rings (SSSR count). The van der Waals surface area contributed by atoms with Gasteiger partial charge in [0.15, 0.2) is 6.54 Å². The number of anilines is 1. The number of benzene rings is 1. The lowest BCUT2D eigenvalue weighted by Crippen LogP contribution is -3.14. The molecule has 1 fully saturated rings. The molecule has 1 aromatic rings. The molecule has 0 aromatic heterocycles. The van der Waals surface area contributed by atoms with Gasteiger partial charge in [-0.15, -0.1) is 0 Å². The van der Waals surface area contributed by atoms with Crippen LogP contribution in [0.1, 0.15) is 25.3 Å². The van der Waals surface area contributed by atoms with Gasteiger partial charge < -0.3 is 15.1 Å². The van der Waals surface area contributed by atoms with Crippen molar-refractivity contribution in [3.63, 3.8) is 0 Å². The lowest BCUT2D eigenvalue weighted by molar-refractivity contribution is -0.900. The number of likely N-dealkylation sites (tertiary alicyclic amines) is 1. The van der Waals surface area contributed by atoms with Crippen molar-refractivity contribution >= 4 is 33.4 Å². The third-order valence-corrected chi connectivity index (χ3v) is 5.03. The van der Waals surface area contributed by atoms with Gasteiger partial charge in [0, 0.05) is 23.1 Å². The third kappa shape index (κ3) is 5.60. The Morgan fingerprint density at radius 1 is 1.42 bits per heavy atom. The molecule has 132 valence electrons. The van der Waals surface area contributed by atoms with Crippen molar-refractivity contribution < 1.29 is 14.5 Å². The molecule has 1 saturated heterocycles. The van der Waals surface area contributed by atoms with E-state index in [1.807, 2.05) is 25.1 Å². The summed E-state index contributed by atoms with van der Waals surface area (Å²) in [4.78, 5) is 27.4. The highest BCUT2D eigenvalue weighted by atomic mass is 79.9. The summed E-state index contributed by atoms with van der Waals surface area (Å²) in [5, 5.41) is 2.87. The van der Waals surface area contributed by atoms with Crippen molar-refractivity contribution in [2.24, 2.45) is 5.92 Å². The quantitative estimate of drug-likeness (QED) is 0.791. The first-order valence-electron chi connectivity index (χ1n) is 8.48. The standard InChI is InChI=1S/C18H26BrN3O2/c1-13-5-4-8-22(10-13)12-18(24)21(3)11-17(23)20-16-7-6-15(19)9-14(16)2/h6-7,9,13H,4-5,8,10-12H2,1-3H3,(H,20,23)/p+1/t13-/m1/s1. The molecule has 0 aliphatic carbocycles. The number of quaternary nitrogens is 1. The van der Waals surface area contributed by atoms with Gasteiger partial charge in [-0.2, -0.15) is 0 Å². The van der Waals surface area contributed by atoms with Crippen molar-refractivity contribution in [1.29, 1.82) is 0 Å². The Morgan fingerprint density at radius 3 is 2.83 bits per heavy atom. The fraction of sp³-hybridized carbons (Fsp3) is 0.556. The van der Waals surface area contributed by atoms with Gasteiger partial charge in [0.25, 0.3) is 5.91 Å². The number of nitrogens with one attached hydrogen (secondary N) is 2. The lowest BCUT2D eigenvalue weighted by atomic mass is 10.0. The monoisotopic (exact) mass is 396 g/mol. The van der Waals surface area contributed by atoms with E-state index in [1.54, 1.807) is 7.05 Å². The van der Waals surface area contributed by atoms with E-state index >= 15 is 0 Å². The fourth-order valence-electron chi connectivity index (χ4n) is 3.17. The maximum absolute atomic E-state index is 12.3. The number of carbonyl (C=O) groups is 2. The zero-order valence-electron chi connectivity index (χ0n) is 14.7. The molecule has 0 saturated carbocycles. The highest BCUT2D eigenvalue weighted by Gasteiger charge is 2.24. The normalized spacial score (nSPS) is 20.5. The van der Waals surface area contributed by atoms with Crippen molar-refractivity contribution in [2.45, 2.75) is 26.7 Å². The average Bonchev–Trinajstić information content (AvgIpc) is 2.50. The minimum absolute atomic E-state index is 0.0294. The largest absolute Gasteiger partial charge is 0.332 e. The maximum atomic E-state index is 12.3. The summed E-state index contributed by atoms with van der Waals surface area (Å²) < 4.78 is 0.976. The van der Waals surface area contributed by atoms with Gasteiger partial charge in [-0.25, -0.2) is 0 Å². The van der Waals surface area contributed by atoms with E-state index in [0.717, 1.165) is 28.8 Å². The van der Waals surface area contributed by atoms with Crippen LogP contribution in [0.15, 0.2) is 22.7 Å². The van der Waals surface area contributed by atoms with Gasteiger partial charge in [0.05, 0.1) is 19.6 Å². The first-order valence-corrected chi connectivity index (χ1v) is 9.28. The van der Waals surface area contributed by atoms with E-state index in [9.17, 15) is 9.59 Å². The Bertz CT molecular complexity index is 606. The molecule has 2 amide bonds. The summed E-state index contributed by atoms with van der Waals surface area (Å²) in [6.45, 7) is 6.83. The van der Waals surface area contributed by atoms with Crippen LogP contribution in [0.4, 0.5) is 5.69 Å². The molecule has 0 spiro atoms. The number of likely N-dealkylation sites (N-methyl/N-ethyl adjacent to an activating group) is 1. The van der Waals surface area contributed by atoms with E-state index in [-0.39, 0.29) is 18.4 Å². The van der Waals surface area contributed by atoms with Crippen molar-refractivity contribution in [1.82, 2.24) is 4.90 Å². The highest BCUT2D eigenvalue weighted by molar-refractivity contribution is 9.10. The predicted octanol–water partition coefficient (Wildman–Crippen LogP) is 1.47. The first kappa shape index (κ1) is 18.9. The first-order chi connectivity index (χ1) is 11.3. The van der Waals surface area contributed by atoms with Crippen LogP contribution in [0.25, 0.3) is 0 Å². The molecule has 1 aliphatic rings. The number of hydrogen-bond acceptors (Lipinski definition) is 2.